The molecule has 0 aliphatic rings. The van der Waals surface area contributed by atoms with Gasteiger partial charge in [0.1, 0.15) is 6.04 Å². The van der Waals surface area contributed by atoms with Crippen LogP contribution < -0.4 is 5.32 Å². The number of rotatable bonds is 8. The Morgan fingerprint density at radius 1 is 1.07 bits per heavy atom. The Balaban J connectivity index is 2.23. The van der Waals surface area contributed by atoms with E-state index in [0.29, 0.717) is 11.6 Å². The van der Waals surface area contributed by atoms with Gasteiger partial charge in [0.15, 0.2) is 0 Å². The summed E-state index contributed by atoms with van der Waals surface area (Å²) in [6.07, 6.45) is 1.08. The summed E-state index contributed by atoms with van der Waals surface area (Å²) in [6, 6.07) is 14.7. The lowest BCUT2D eigenvalue weighted by molar-refractivity contribution is -0.140. The zero-order valence-electron chi connectivity index (χ0n) is 17.0. The number of nitrogens with zero attached hydrogens (tertiary/aromatic N) is 1. The molecule has 2 rings (SSSR count). The first kappa shape index (κ1) is 22.0. The number of hydrogen-bond acceptors (Lipinski definition) is 2. The highest BCUT2D eigenvalue weighted by Gasteiger charge is 2.27. The second kappa shape index (κ2) is 10.3. The fraction of sp³-hybridized carbons (Fsp3) is 0.391. The van der Waals surface area contributed by atoms with Gasteiger partial charge < -0.3 is 10.2 Å². The summed E-state index contributed by atoms with van der Waals surface area (Å²) >= 11 is 6.30. The maximum absolute atomic E-state index is 13.1. The van der Waals surface area contributed by atoms with E-state index >= 15 is 0 Å². The maximum Gasteiger partial charge on any atom is 0.242 e. The third-order valence-corrected chi connectivity index (χ3v) is 5.31. The summed E-state index contributed by atoms with van der Waals surface area (Å²) in [5.74, 6) is -0.255. The topological polar surface area (TPSA) is 49.4 Å². The molecule has 0 spiro atoms. The molecular weight excluding hydrogens is 372 g/mol. The molecule has 2 amide bonds. The monoisotopic (exact) mass is 400 g/mol. The van der Waals surface area contributed by atoms with Crippen molar-refractivity contribution < 1.29 is 9.59 Å². The van der Waals surface area contributed by atoms with Crippen LogP contribution in [0.3, 0.4) is 0 Å². The van der Waals surface area contributed by atoms with E-state index in [0.717, 1.165) is 23.1 Å². The van der Waals surface area contributed by atoms with E-state index in [4.69, 9.17) is 11.6 Å². The van der Waals surface area contributed by atoms with Crippen LogP contribution in [0.1, 0.15) is 43.9 Å². The minimum atomic E-state index is -0.594. The summed E-state index contributed by atoms with van der Waals surface area (Å²) < 4.78 is 0. The molecule has 0 aliphatic carbocycles. The molecule has 0 bridgehead atoms. The van der Waals surface area contributed by atoms with Gasteiger partial charge in [-0.25, -0.2) is 0 Å². The van der Waals surface area contributed by atoms with Gasteiger partial charge in [-0.05, 0) is 44.4 Å². The van der Waals surface area contributed by atoms with E-state index in [1.807, 2.05) is 63.2 Å². The van der Waals surface area contributed by atoms with Gasteiger partial charge in [0, 0.05) is 17.6 Å². The van der Waals surface area contributed by atoms with Gasteiger partial charge in [-0.1, -0.05) is 66.6 Å². The number of aryl methyl sites for hydroxylation is 1. The summed E-state index contributed by atoms with van der Waals surface area (Å²) in [5.41, 5.74) is 2.89. The van der Waals surface area contributed by atoms with Crippen molar-refractivity contribution in [3.05, 3.63) is 70.2 Å². The zero-order valence-corrected chi connectivity index (χ0v) is 17.8. The Labute approximate surface area is 172 Å². The van der Waals surface area contributed by atoms with Crippen molar-refractivity contribution in [3.63, 3.8) is 0 Å². The molecule has 0 aromatic heterocycles. The van der Waals surface area contributed by atoms with Crippen LogP contribution >= 0.6 is 11.6 Å². The minimum absolute atomic E-state index is 0.0595. The molecule has 0 saturated heterocycles. The predicted molar refractivity (Wildman–Crippen MR) is 114 cm³/mol. The fourth-order valence-electron chi connectivity index (χ4n) is 2.84. The van der Waals surface area contributed by atoms with Gasteiger partial charge in [-0.15, -0.1) is 0 Å². The van der Waals surface area contributed by atoms with Crippen LogP contribution in [0.2, 0.25) is 5.02 Å². The van der Waals surface area contributed by atoms with Gasteiger partial charge in [0.2, 0.25) is 11.8 Å². The van der Waals surface area contributed by atoms with E-state index in [-0.39, 0.29) is 24.3 Å². The fourth-order valence-corrected chi connectivity index (χ4v) is 3.04. The van der Waals surface area contributed by atoms with Crippen LogP contribution in [0.4, 0.5) is 0 Å². The molecule has 0 aliphatic heterocycles. The van der Waals surface area contributed by atoms with Crippen LogP contribution in [-0.2, 0) is 22.6 Å². The molecule has 0 saturated carbocycles. The van der Waals surface area contributed by atoms with Crippen molar-refractivity contribution in [3.8, 4) is 0 Å². The smallest absolute Gasteiger partial charge is 0.242 e. The van der Waals surface area contributed by atoms with Crippen LogP contribution in [-0.4, -0.2) is 28.8 Å². The third-order valence-electron chi connectivity index (χ3n) is 4.94. The number of carbonyl (C=O) groups is 2. The van der Waals surface area contributed by atoms with Gasteiger partial charge >= 0.3 is 0 Å². The lowest BCUT2D eigenvalue weighted by atomic mass is 10.1. The molecule has 4 nitrogen and oxygen atoms in total. The molecule has 150 valence electrons. The van der Waals surface area contributed by atoms with E-state index in [9.17, 15) is 9.59 Å². The molecule has 5 heteroatoms. The first-order valence-corrected chi connectivity index (χ1v) is 10.1. The lowest BCUT2D eigenvalue weighted by Gasteiger charge is -2.30. The van der Waals surface area contributed by atoms with Gasteiger partial charge in [-0.2, -0.15) is 0 Å². The molecule has 0 heterocycles. The highest BCUT2D eigenvalue weighted by atomic mass is 35.5. The zero-order chi connectivity index (χ0) is 20.7. The Bertz CT molecular complexity index is 805. The molecular formula is C23H29ClN2O2. The SMILES string of the molecule is CC[C@H](C)NC(=O)[C@@H](C)N(Cc1ccccc1Cl)C(=O)Cc1ccc(C)cc1. The van der Waals surface area contributed by atoms with E-state index < -0.39 is 6.04 Å². The molecule has 2 aromatic rings. The Morgan fingerprint density at radius 3 is 2.32 bits per heavy atom. The van der Waals surface area contributed by atoms with Gasteiger partial charge in [-0.3, -0.25) is 9.59 Å². The van der Waals surface area contributed by atoms with Crippen molar-refractivity contribution in [2.24, 2.45) is 0 Å². The second-order valence-corrected chi connectivity index (χ2v) is 7.68. The number of halogens is 1. The quantitative estimate of drug-likeness (QED) is 0.708. The van der Waals surface area contributed by atoms with Crippen molar-refractivity contribution >= 4 is 23.4 Å². The van der Waals surface area contributed by atoms with E-state index in [1.165, 1.54) is 0 Å². The van der Waals surface area contributed by atoms with Crippen molar-refractivity contribution in [2.75, 3.05) is 0 Å². The first-order valence-electron chi connectivity index (χ1n) is 9.70. The normalized spacial score (nSPS) is 12.9. The largest absolute Gasteiger partial charge is 0.352 e. The molecule has 0 radical (unpaired) electrons. The maximum atomic E-state index is 13.1. The Kier molecular flexibility index (Phi) is 8.06. The first-order chi connectivity index (χ1) is 13.3. The minimum Gasteiger partial charge on any atom is -0.352 e. The van der Waals surface area contributed by atoms with Gasteiger partial charge in [0.05, 0.1) is 6.42 Å². The highest BCUT2D eigenvalue weighted by molar-refractivity contribution is 6.31. The van der Waals surface area contributed by atoms with Gasteiger partial charge in [0.25, 0.3) is 0 Å². The Hall–Kier alpha value is -2.33. The third kappa shape index (κ3) is 6.10. The number of benzene rings is 2. The summed E-state index contributed by atoms with van der Waals surface area (Å²) in [4.78, 5) is 27.4. The van der Waals surface area contributed by atoms with Crippen LogP contribution in [0.15, 0.2) is 48.5 Å². The van der Waals surface area contributed by atoms with E-state index in [1.54, 1.807) is 17.9 Å². The Morgan fingerprint density at radius 2 is 1.71 bits per heavy atom. The molecule has 0 fully saturated rings. The number of amides is 2. The average molecular weight is 401 g/mol. The summed E-state index contributed by atoms with van der Waals surface area (Å²) in [6.45, 7) is 8.04. The van der Waals surface area contributed by atoms with Crippen LogP contribution in [0.5, 0.6) is 0 Å². The van der Waals surface area contributed by atoms with Crippen molar-refractivity contribution in [1.82, 2.24) is 10.2 Å². The van der Waals surface area contributed by atoms with Crippen molar-refractivity contribution in [1.29, 1.82) is 0 Å². The standard InChI is InChI=1S/C23H29ClN2O2/c1-5-17(3)25-23(28)18(4)26(15-20-8-6-7-9-21(20)24)22(27)14-19-12-10-16(2)11-13-19/h6-13,17-18H,5,14-15H2,1-4H3,(H,25,28)/t17-,18+/m0/s1. The number of nitrogens with one attached hydrogen (secondary N) is 1. The molecule has 2 atom stereocenters. The number of hydrogen-bond donors (Lipinski definition) is 1. The lowest BCUT2D eigenvalue weighted by Crippen LogP contribution is -2.49. The average Bonchev–Trinajstić information content (AvgIpc) is 2.68. The van der Waals surface area contributed by atoms with Crippen molar-refractivity contribution in [2.45, 2.75) is 59.2 Å². The van der Waals surface area contributed by atoms with Crippen LogP contribution in [0, 0.1) is 6.92 Å². The highest BCUT2D eigenvalue weighted by Crippen LogP contribution is 2.19. The summed E-state index contributed by atoms with van der Waals surface area (Å²) in [7, 11) is 0. The summed E-state index contributed by atoms with van der Waals surface area (Å²) in [5, 5.41) is 3.56. The molecule has 1 N–H and O–H groups in total. The molecule has 28 heavy (non-hydrogen) atoms. The predicted octanol–water partition coefficient (Wildman–Crippen LogP) is 4.52. The molecule has 2 aromatic carbocycles. The van der Waals surface area contributed by atoms with E-state index in [2.05, 4.69) is 5.32 Å². The second-order valence-electron chi connectivity index (χ2n) is 7.27. The van der Waals surface area contributed by atoms with Crippen LogP contribution in [0.25, 0.3) is 0 Å². The number of carbonyl (C=O) groups excluding carboxylic acids is 2. The molecule has 0 unspecified atom stereocenters.